The first kappa shape index (κ1) is 14.3. The van der Waals surface area contributed by atoms with Crippen molar-refractivity contribution in [1.29, 1.82) is 0 Å². The van der Waals surface area contributed by atoms with E-state index in [4.69, 9.17) is 4.74 Å². The average molecular weight is 336 g/mol. The molecule has 0 bridgehead atoms. The molecule has 104 valence electrons. The minimum Gasteiger partial charge on any atom is -0.450 e. The number of para-hydroxylation sites is 1. The quantitative estimate of drug-likeness (QED) is 0.880. The molecule has 0 aliphatic rings. The summed E-state index contributed by atoms with van der Waals surface area (Å²) in [6.45, 7) is 2.07. The fourth-order valence-corrected chi connectivity index (χ4v) is 1.92. The van der Waals surface area contributed by atoms with Crippen LogP contribution < -0.4 is 10.6 Å². The molecule has 0 saturated heterocycles. The van der Waals surface area contributed by atoms with Gasteiger partial charge in [0, 0.05) is 4.47 Å². The van der Waals surface area contributed by atoms with Crippen molar-refractivity contribution in [3.05, 3.63) is 47.1 Å². The van der Waals surface area contributed by atoms with Crippen LogP contribution >= 0.6 is 15.9 Å². The molecular weight excluding hydrogens is 322 g/mol. The molecule has 1 aromatic carbocycles. The average Bonchev–Trinajstić information content (AvgIpc) is 2.44. The fraction of sp³-hybridized carbons (Fsp3) is 0.143. The standard InChI is InChI=1S/C14H14BrN3O2/c1-2-20-14(19)18-13-8-7-10(9-16-13)17-12-6-4-3-5-11(12)15/h3-9,17H,2H2,1H3,(H,16,18,19). The van der Waals surface area contributed by atoms with Crippen LogP contribution in [-0.4, -0.2) is 17.7 Å². The lowest BCUT2D eigenvalue weighted by Gasteiger charge is -2.09. The third-order valence-electron chi connectivity index (χ3n) is 2.42. The molecule has 1 amide bonds. The van der Waals surface area contributed by atoms with Crippen LogP contribution in [0.3, 0.4) is 0 Å². The number of halogens is 1. The summed E-state index contributed by atoms with van der Waals surface area (Å²) in [4.78, 5) is 15.4. The molecule has 0 fully saturated rings. The highest BCUT2D eigenvalue weighted by atomic mass is 79.9. The van der Waals surface area contributed by atoms with Crippen LogP contribution in [0.5, 0.6) is 0 Å². The second kappa shape index (κ2) is 6.91. The number of pyridine rings is 1. The summed E-state index contributed by atoms with van der Waals surface area (Å²) in [6, 6.07) is 11.3. The van der Waals surface area contributed by atoms with Crippen molar-refractivity contribution < 1.29 is 9.53 Å². The Kier molecular flexibility index (Phi) is 4.95. The third-order valence-corrected chi connectivity index (χ3v) is 3.11. The molecule has 1 aromatic heterocycles. The third kappa shape index (κ3) is 3.96. The maximum absolute atomic E-state index is 11.2. The molecule has 20 heavy (non-hydrogen) atoms. The van der Waals surface area contributed by atoms with Gasteiger partial charge in [-0.25, -0.2) is 9.78 Å². The number of carbonyl (C=O) groups excluding carboxylic acids is 1. The maximum atomic E-state index is 11.2. The Morgan fingerprint density at radius 2 is 2.10 bits per heavy atom. The van der Waals surface area contributed by atoms with Crippen molar-refractivity contribution in [2.75, 3.05) is 17.2 Å². The van der Waals surface area contributed by atoms with E-state index in [0.29, 0.717) is 12.4 Å². The molecule has 0 atom stereocenters. The molecule has 0 radical (unpaired) electrons. The Hall–Kier alpha value is -2.08. The highest BCUT2D eigenvalue weighted by Crippen LogP contribution is 2.25. The molecular formula is C14H14BrN3O2. The summed E-state index contributed by atoms with van der Waals surface area (Å²) in [5.74, 6) is 0.445. The van der Waals surface area contributed by atoms with Crippen LogP contribution in [0.1, 0.15) is 6.92 Å². The van der Waals surface area contributed by atoms with Gasteiger partial charge in [0.25, 0.3) is 0 Å². The van der Waals surface area contributed by atoms with Gasteiger partial charge in [-0.2, -0.15) is 0 Å². The lowest BCUT2D eigenvalue weighted by atomic mass is 10.3. The second-order valence-electron chi connectivity index (χ2n) is 3.88. The normalized spacial score (nSPS) is 9.90. The van der Waals surface area contributed by atoms with E-state index in [2.05, 4.69) is 31.5 Å². The summed E-state index contributed by atoms with van der Waals surface area (Å²) in [5.41, 5.74) is 1.77. The van der Waals surface area contributed by atoms with E-state index in [0.717, 1.165) is 15.8 Å². The summed E-state index contributed by atoms with van der Waals surface area (Å²) in [6.07, 6.45) is 1.13. The molecule has 2 rings (SSSR count). The first-order valence-corrected chi connectivity index (χ1v) is 6.89. The molecule has 2 N–H and O–H groups in total. The molecule has 0 unspecified atom stereocenters. The van der Waals surface area contributed by atoms with Crippen molar-refractivity contribution in [3.8, 4) is 0 Å². The number of ether oxygens (including phenoxy) is 1. The Balaban J connectivity index is 2.02. The number of nitrogens with one attached hydrogen (secondary N) is 2. The molecule has 2 aromatic rings. The van der Waals surface area contributed by atoms with E-state index < -0.39 is 6.09 Å². The number of aromatic nitrogens is 1. The van der Waals surface area contributed by atoms with Crippen molar-refractivity contribution >= 4 is 39.2 Å². The summed E-state index contributed by atoms with van der Waals surface area (Å²) in [7, 11) is 0. The van der Waals surface area contributed by atoms with Gasteiger partial charge < -0.3 is 10.1 Å². The number of amides is 1. The van der Waals surface area contributed by atoms with Gasteiger partial charge in [0.2, 0.25) is 0 Å². The minimum absolute atomic E-state index is 0.327. The summed E-state index contributed by atoms with van der Waals surface area (Å²) >= 11 is 3.46. The summed E-state index contributed by atoms with van der Waals surface area (Å²) < 4.78 is 5.74. The SMILES string of the molecule is CCOC(=O)Nc1ccc(Nc2ccccc2Br)cn1. The predicted molar refractivity (Wildman–Crippen MR) is 82.3 cm³/mol. The van der Waals surface area contributed by atoms with E-state index in [1.54, 1.807) is 19.2 Å². The number of benzene rings is 1. The number of carbonyl (C=O) groups is 1. The Morgan fingerprint density at radius 3 is 2.75 bits per heavy atom. The number of nitrogens with zero attached hydrogens (tertiary/aromatic N) is 1. The maximum Gasteiger partial charge on any atom is 0.412 e. The zero-order valence-corrected chi connectivity index (χ0v) is 12.5. The van der Waals surface area contributed by atoms with Crippen LogP contribution in [0.4, 0.5) is 22.0 Å². The first-order chi connectivity index (χ1) is 9.69. The number of anilines is 3. The van der Waals surface area contributed by atoms with Crippen molar-refractivity contribution in [1.82, 2.24) is 4.98 Å². The highest BCUT2D eigenvalue weighted by Gasteiger charge is 2.03. The Bertz CT molecular complexity index is 587. The van der Waals surface area contributed by atoms with Crippen LogP contribution in [-0.2, 0) is 4.74 Å². The molecule has 0 spiro atoms. The molecule has 0 aliphatic heterocycles. The lowest BCUT2D eigenvalue weighted by Crippen LogP contribution is -2.14. The van der Waals surface area contributed by atoms with Gasteiger partial charge in [0.15, 0.2) is 0 Å². The van der Waals surface area contributed by atoms with Crippen LogP contribution in [0.25, 0.3) is 0 Å². The predicted octanol–water partition coefficient (Wildman–Crippen LogP) is 4.16. The zero-order valence-electron chi connectivity index (χ0n) is 10.9. The molecule has 0 aliphatic carbocycles. The molecule has 5 nitrogen and oxygen atoms in total. The van der Waals surface area contributed by atoms with Gasteiger partial charge in [-0.1, -0.05) is 12.1 Å². The zero-order chi connectivity index (χ0) is 14.4. The van der Waals surface area contributed by atoms with Crippen LogP contribution in [0.2, 0.25) is 0 Å². The van der Waals surface area contributed by atoms with Gasteiger partial charge in [0.05, 0.1) is 24.2 Å². The minimum atomic E-state index is -0.508. The molecule has 6 heteroatoms. The Morgan fingerprint density at radius 1 is 1.30 bits per heavy atom. The van der Waals surface area contributed by atoms with E-state index in [9.17, 15) is 4.79 Å². The van der Waals surface area contributed by atoms with Crippen LogP contribution in [0, 0.1) is 0 Å². The first-order valence-electron chi connectivity index (χ1n) is 6.10. The second-order valence-corrected chi connectivity index (χ2v) is 4.74. The van der Waals surface area contributed by atoms with Gasteiger partial charge >= 0.3 is 6.09 Å². The smallest absolute Gasteiger partial charge is 0.412 e. The number of rotatable bonds is 4. The van der Waals surface area contributed by atoms with Crippen molar-refractivity contribution in [3.63, 3.8) is 0 Å². The van der Waals surface area contributed by atoms with Crippen LogP contribution in [0.15, 0.2) is 47.1 Å². The topological polar surface area (TPSA) is 63.2 Å². The fourth-order valence-electron chi connectivity index (χ4n) is 1.53. The van der Waals surface area contributed by atoms with Gasteiger partial charge in [-0.15, -0.1) is 0 Å². The lowest BCUT2D eigenvalue weighted by molar-refractivity contribution is 0.168. The van der Waals surface area contributed by atoms with Crippen molar-refractivity contribution in [2.24, 2.45) is 0 Å². The Labute approximate surface area is 125 Å². The van der Waals surface area contributed by atoms with E-state index in [1.807, 2.05) is 30.3 Å². The van der Waals surface area contributed by atoms with E-state index in [-0.39, 0.29) is 0 Å². The monoisotopic (exact) mass is 335 g/mol. The molecule has 0 saturated carbocycles. The van der Waals surface area contributed by atoms with Gasteiger partial charge in [-0.3, -0.25) is 5.32 Å². The van der Waals surface area contributed by atoms with E-state index in [1.165, 1.54) is 0 Å². The summed E-state index contributed by atoms with van der Waals surface area (Å²) in [5, 5.41) is 5.76. The van der Waals surface area contributed by atoms with Gasteiger partial charge in [0.1, 0.15) is 5.82 Å². The number of hydrogen-bond acceptors (Lipinski definition) is 4. The van der Waals surface area contributed by atoms with Gasteiger partial charge in [-0.05, 0) is 47.1 Å². The van der Waals surface area contributed by atoms with E-state index >= 15 is 0 Å². The number of hydrogen-bond donors (Lipinski definition) is 2. The molecule has 1 heterocycles. The highest BCUT2D eigenvalue weighted by molar-refractivity contribution is 9.10. The van der Waals surface area contributed by atoms with Crippen molar-refractivity contribution in [2.45, 2.75) is 6.92 Å². The largest absolute Gasteiger partial charge is 0.450 e.